The van der Waals surface area contributed by atoms with E-state index in [4.69, 9.17) is 0 Å². The first kappa shape index (κ1) is 19.1. The maximum Gasteiger partial charge on any atom is 0.471 e. The van der Waals surface area contributed by atoms with Crippen LogP contribution < -0.4 is 4.31 Å². The highest BCUT2D eigenvalue weighted by Crippen LogP contribution is 2.31. The minimum atomic E-state index is -4.74. The molecule has 3 heterocycles. The van der Waals surface area contributed by atoms with Gasteiger partial charge in [0, 0.05) is 17.3 Å². The lowest BCUT2D eigenvalue weighted by Gasteiger charge is -2.27. The van der Waals surface area contributed by atoms with Crippen molar-refractivity contribution in [1.29, 1.82) is 0 Å². The van der Waals surface area contributed by atoms with Gasteiger partial charge in [-0.15, -0.1) is 4.40 Å². The molecule has 4 rings (SSSR count). The number of anilines is 1. The molecule has 150 valence electrons. The number of aromatic nitrogens is 3. The molecule has 8 nitrogen and oxygen atoms in total. The van der Waals surface area contributed by atoms with Crippen molar-refractivity contribution < 1.29 is 26.1 Å². The molecule has 0 fully saturated rings. The van der Waals surface area contributed by atoms with Gasteiger partial charge in [0.2, 0.25) is 5.82 Å². The number of fused-ring (bicyclic) bond motifs is 1. The van der Waals surface area contributed by atoms with Crippen LogP contribution in [0.25, 0.3) is 11.4 Å². The van der Waals surface area contributed by atoms with Crippen LogP contribution in [0.4, 0.5) is 18.9 Å². The fourth-order valence-electron chi connectivity index (χ4n) is 2.81. The fourth-order valence-corrected chi connectivity index (χ4v) is 4.06. The van der Waals surface area contributed by atoms with Crippen molar-refractivity contribution in [1.82, 2.24) is 15.1 Å². The number of hydrogen-bond donors (Lipinski definition) is 0. The van der Waals surface area contributed by atoms with Gasteiger partial charge >= 0.3 is 22.3 Å². The molecule has 1 aliphatic rings. The van der Waals surface area contributed by atoms with Gasteiger partial charge in [-0.05, 0) is 25.1 Å². The van der Waals surface area contributed by atoms with Gasteiger partial charge in [0.1, 0.15) is 0 Å². The fraction of sp³-hybridized carbons (Fsp3) is 0.176. The summed E-state index contributed by atoms with van der Waals surface area (Å²) in [6.45, 7) is 1.51. The molecule has 1 aromatic carbocycles. The van der Waals surface area contributed by atoms with Crippen LogP contribution in [0.2, 0.25) is 0 Å². The Morgan fingerprint density at radius 2 is 1.90 bits per heavy atom. The Bertz CT molecular complexity index is 1200. The normalized spacial score (nSPS) is 15.7. The highest BCUT2D eigenvalue weighted by Gasteiger charge is 2.38. The monoisotopic (exact) mass is 423 g/mol. The maximum absolute atomic E-state index is 12.6. The Balaban J connectivity index is 1.62. The zero-order valence-corrected chi connectivity index (χ0v) is 15.6. The summed E-state index contributed by atoms with van der Waals surface area (Å²) in [5.41, 5.74) is 2.10. The molecule has 1 aliphatic heterocycles. The summed E-state index contributed by atoms with van der Waals surface area (Å²) >= 11 is 0. The van der Waals surface area contributed by atoms with E-state index in [1.165, 1.54) is 18.3 Å². The van der Waals surface area contributed by atoms with E-state index in [-0.39, 0.29) is 17.9 Å². The Morgan fingerprint density at radius 1 is 1.14 bits per heavy atom. The molecule has 12 heteroatoms. The van der Waals surface area contributed by atoms with Crippen molar-refractivity contribution in [3.63, 3.8) is 0 Å². The van der Waals surface area contributed by atoms with Crippen LogP contribution in [-0.4, -0.2) is 29.3 Å². The lowest BCUT2D eigenvalue weighted by molar-refractivity contribution is -0.159. The molecule has 0 atom stereocenters. The topological polar surface area (TPSA) is 102 Å². The number of alkyl halides is 3. The number of rotatable bonds is 3. The third kappa shape index (κ3) is 3.58. The predicted octanol–water partition coefficient (Wildman–Crippen LogP) is 3.22. The molecule has 29 heavy (non-hydrogen) atoms. The first-order valence-corrected chi connectivity index (χ1v) is 9.60. The largest absolute Gasteiger partial charge is 0.471 e. The van der Waals surface area contributed by atoms with Crippen molar-refractivity contribution in [3.8, 4) is 11.4 Å². The lowest BCUT2D eigenvalue weighted by atomic mass is 10.1. The van der Waals surface area contributed by atoms with Gasteiger partial charge in [0.25, 0.3) is 0 Å². The molecule has 2 aromatic heterocycles. The maximum atomic E-state index is 12.6. The first-order valence-electron chi connectivity index (χ1n) is 8.20. The molecule has 0 aliphatic carbocycles. The minimum Gasteiger partial charge on any atom is -0.329 e. The van der Waals surface area contributed by atoms with E-state index in [0.717, 1.165) is 4.31 Å². The third-order valence-electron chi connectivity index (χ3n) is 4.15. The van der Waals surface area contributed by atoms with E-state index in [2.05, 4.69) is 24.0 Å². The van der Waals surface area contributed by atoms with Gasteiger partial charge < -0.3 is 4.52 Å². The molecule has 0 bridgehead atoms. The SMILES string of the molecule is CC1=NS(=O)(=O)N(Cc2ccc(-c3noc(C(F)(F)F)n3)cn2)c2ccccc21. The van der Waals surface area contributed by atoms with Crippen molar-refractivity contribution in [3.05, 3.63) is 59.7 Å². The quantitative estimate of drug-likeness (QED) is 0.641. The summed E-state index contributed by atoms with van der Waals surface area (Å²) in [6.07, 6.45) is -3.50. The van der Waals surface area contributed by atoms with Gasteiger partial charge in [-0.25, -0.2) is 4.31 Å². The number of benzene rings is 1. The summed E-state index contributed by atoms with van der Waals surface area (Å²) in [6, 6.07) is 9.83. The molecule has 0 saturated heterocycles. The second-order valence-electron chi connectivity index (χ2n) is 6.14. The Labute approximate surface area is 162 Å². The Morgan fingerprint density at radius 3 is 2.55 bits per heavy atom. The van der Waals surface area contributed by atoms with Crippen LogP contribution in [0.3, 0.4) is 0 Å². The summed E-state index contributed by atoms with van der Waals surface area (Å²) in [4.78, 5) is 7.41. The third-order valence-corrected chi connectivity index (χ3v) is 5.54. The van der Waals surface area contributed by atoms with Crippen molar-refractivity contribution in [2.75, 3.05) is 4.31 Å². The summed E-state index contributed by atoms with van der Waals surface area (Å²) < 4.78 is 71.9. The zero-order chi connectivity index (χ0) is 20.8. The number of pyridine rings is 1. The van der Waals surface area contributed by atoms with E-state index >= 15 is 0 Å². The molecular weight excluding hydrogens is 411 g/mol. The van der Waals surface area contributed by atoms with Gasteiger partial charge in [-0.2, -0.15) is 26.6 Å². The zero-order valence-electron chi connectivity index (χ0n) is 14.8. The molecular formula is C17H12F3N5O3S. The lowest BCUT2D eigenvalue weighted by Crippen LogP contribution is -2.34. The van der Waals surface area contributed by atoms with E-state index in [0.29, 0.717) is 22.7 Å². The number of nitrogens with zero attached hydrogens (tertiary/aromatic N) is 5. The molecule has 0 amide bonds. The number of halogens is 3. The molecule has 0 saturated carbocycles. The number of para-hydroxylation sites is 1. The van der Waals surface area contributed by atoms with E-state index in [9.17, 15) is 21.6 Å². The average molecular weight is 423 g/mol. The molecule has 3 aromatic rings. The van der Waals surface area contributed by atoms with Crippen LogP contribution >= 0.6 is 0 Å². The second kappa shape index (κ2) is 6.65. The summed E-state index contributed by atoms with van der Waals surface area (Å²) in [7, 11) is -3.94. The Kier molecular flexibility index (Phi) is 4.37. The van der Waals surface area contributed by atoms with Crippen molar-refractivity contribution >= 4 is 21.6 Å². The molecule has 0 unspecified atom stereocenters. The second-order valence-corrected chi connectivity index (χ2v) is 7.66. The number of hydrogen-bond acceptors (Lipinski definition) is 6. The van der Waals surface area contributed by atoms with E-state index in [1.807, 2.05) is 0 Å². The molecule has 0 radical (unpaired) electrons. The van der Waals surface area contributed by atoms with Crippen LogP contribution in [0.15, 0.2) is 51.5 Å². The van der Waals surface area contributed by atoms with Gasteiger partial charge in [0.15, 0.2) is 0 Å². The van der Waals surface area contributed by atoms with Crippen LogP contribution in [0.1, 0.15) is 24.1 Å². The van der Waals surface area contributed by atoms with Crippen molar-refractivity contribution in [2.45, 2.75) is 19.6 Å². The van der Waals surface area contributed by atoms with Crippen molar-refractivity contribution in [2.24, 2.45) is 4.40 Å². The van der Waals surface area contributed by atoms with Gasteiger partial charge in [-0.3, -0.25) is 4.98 Å². The standard InChI is InChI=1S/C17H12F3N5O3S/c1-10-13-4-2-3-5-14(13)25(29(26,27)24-10)9-12-7-6-11(8-21-12)15-22-16(28-23-15)17(18,19)20/h2-8H,9H2,1H3. The van der Waals surface area contributed by atoms with Crippen LogP contribution in [0.5, 0.6) is 0 Å². The van der Waals surface area contributed by atoms with E-state index in [1.54, 1.807) is 31.2 Å². The predicted molar refractivity (Wildman–Crippen MR) is 96.3 cm³/mol. The highest BCUT2D eigenvalue weighted by molar-refractivity contribution is 7.91. The average Bonchev–Trinajstić information content (AvgIpc) is 3.16. The van der Waals surface area contributed by atoms with Crippen LogP contribution in [-0.2, 0) is 22.9 Å². The molecule has 0 N–H and O–H groups in total. The Hall–Kier alpha value is -3.28. The molecule has 0 spiro atoms. The first-order chi connectivity index (χ1) is 13.6. The highest BCUT2D eigenvalue weighted by atomic mass is 32.2. The minimum absolute atomic E-state index is 0.101. The van der Waals surface area contributed by atoms with Crippen LogP contribution in [0, 0.1) is 0 Å². The summed E-state index contributed by atoms with van der Waals surface area (Å²) in [5.74, 6) is -1.73. The van der Waals surface area contributed by atoms with E-state index < -0.39 is 22.3 Å². The smallest absolute Gasteiger partial charge is 0.329 e. The summed E-state index contributed by atoms with van der Waals surface area (Å²) in [5, 5.41) is 3.29. The van der Waals surface area contributed by atoms with Gasteiger partial charge in [-0.1, -0.05) is 23.4 Å². The van der Waals surface area contributed by atoms with Gasteiger partial charge in [0.05, 0.1) is 23.6 Å².